The number of halogens is 1. The Kier molecular flexibility index (Phi) is 7.93. The molecule has 0 saturated heterocycles. The minimum absolute atomic E-state index is 0.00960. The summed E-state index contributed by atoms with van der Waals surface area (Å²) in [7, 11) is -0.622. The molecule has 0 radical (unpaired) electrons. The van der Waals surface area contributed by atoms with Gasteiger partial charge in [0.05, 0.1) is 22.3 Å². The van der Waals surface area contributed by atoms with Crippen LogP contribution in [0.3, 0.4) is 0 Å². The Hall–Kier alpha value is -2.69. The molecule has 0 unspecified atom stereocenters. The van der Waals surface area contributed by atoms with Crippen molar-refractivity contribution >= 4 is 21.6 Å². The number of carbonyl (C=O) groups excluding carboxylic acids is 1. The summed E-state index contributed by atoms with van der Waals surface area (Å²) in [5.41, 5.74) is 0.544. The quantitative estimate of drug-likeness (QED) is 0.700. The highest BCUT2D eigenvalue weighted by atomic mass is 32.2. The number of nitrogens with zero attached hydrogens (tertiary/aromatic N) is 1. The van der Waals surface area contributed by atoms with Crippen molar-refractivity contribution in [2.45, 2.75) is 30.9 Å². The van der Waals surface area contributed by atoms with Gasteiger partial charge in [-0.1, -0.05) is 6.92 Å². The normalized spacial score (nSPS) is 22.5. The molecule has 1 heterocycles. The van der Waals surface area contributed by atoms with Gasteiger partial charge < -0.3 is 19.7 Å². The first-order chi connectivity index (χ1) is 15.6. The second-order valence-corrected chi connectivity index (χ2v) is 10.0. The summed E-state index contributed by atoms with van der Waals surface area (Å²) in [5.74, 6) is -0.344. The summed E-state index contributed by atoms with van der Waals surface area (Å²) in [6.45, 7) is 5.39. The molecule has 0 bridgehead atoms. The van der Waals surface area contributed by atoms with Gasteiger partial charge >= 0.3 is 0 Å². The number of fused-ring (bicyclic) bond motifs is 1. The van der Waals surface area contributed by atoms with Crippen molar-refractivity contribution in [1.29, 1.82) is 0 Å². The van der Waals surface area contributed by atoms with Crippen LogP contribution in [0.1, 0.15) is 24.2 Å². The fourth-order valence-electron chi connectivity index (χ4n) is 3.55. The molecule has 8 nitrogen and oxygen atoms in total. The van der Waals surface area contributed by atoms with E-state index in [4.69, 9.17) is 9.47 Å². The van der Waals surface area contributed by atoms with Crippen molar-refractivity contribution in [2.24, 2.45) is 5.92 Å². The lowest BCUT2D eigenvalue weighted by Gasteiger charge is -2.30. The van der Waals surface area contributed by atoms with E-state index in [-0.39, 0.29) is 46.9 Å². The van der Waals surface area contributed by atoms with Crippen LogP contribution in [0.2, 0.25) is 0 Å². The summed E-state index contributed by atoms with van der Waals surface area (Å²) in [4.78, 5) is 14.6. The van der Waals surface area contributed by atoms with E-state index in [2.05, 4.69) is 17.0 Å². The molecule has 3 atom stereocenters. The monoisotopic (exact) mass is 479 g/mol. The number of benzene rings is 2. The van der Waals surface area contributed by atoms with Crippen molar-refractivity contribution in [2.75, 3.05) is 38.6 Å². The number of amides is 1. The Morgan fingerprint density at radius 2 is 1.88 bits per heavy atom. The molecule has 2 aromatic rings. The van der Waals surface area contributed by atoms with Gasteiger partial charge in [0.1, 0.15) is 18.2 Å². The van der Waals surface area contributed by atoms with Crippen LogP contribution in [0.5, 0.6) is 5.75 Å². The van der Waals surface area contributed by atoms with Crippen LogP contribution in [0.15, 0.2) is 47.4 Å². The summed E-state index contributed by atoms with van der Waals surface area (Å²) >= 11 is 0. The van der Waals surface area contributed by atoms with Gasteiger partial charge in [0.15, 0.2) is 0 Å². The van der Waals surface area contributed by atoms with E-state index < -0.39 is 15.8 Å². The van der Waals surface area contributed by atoms with E-state index in [9.17, 15) is 17.6 Å². The number of rotatable bonds is 4. The molecule has 1 amide bonds. The molecule has 2 aromatic carbocycles. The number of hydrogen-bond acceptors (Lipinski definition) is 6. The third-order valence-corrected chi connectivity index (χ3v) is 7.00. The molecule has 0 saturated carbocycles. The molecular weight excluding hydrogens is 449 g/mol. The SMILES string of the molecule is CO[C@@H]1CN(C)C(=O)c2ccc(NS(=O)(=O)c3ccc(F)cc3)cc2OC[C@H](C)NC[C@H]1C. The molecule has 3 rings (SSSR count). The Morgan fingerprint density at radius 1 is 1.18 bits per heavy atom. The maximum absolute atomic E-state index is 13.2. The minimum atomic E-state index is -3.94. The summed E-state index contributed by atoms with van der Waals surface area (Å²) in [6.07, 6.45) is -0.149. The smallest absolute Gasteiger partial charge is 0.261 e. The van der Waals surface area contributed by atoms with Gasteiger partial charge in [-0.15, -0.1) is 0 Å². The summed E-state index contributed by atoms with van der Waals surface area (Å²) in [5, 5.41) is 3.40. The molecule has 0 aromatic heterocycles. The number of likely N-dealkylation sites (N-methyl/N-ethyl adjacent to an activating group) is 1. The van der Waals surface area contributed by atoms with Crippen molar-refractivity contribution in [3.63, 3.8) is 0 Å². The van der Waals surface area contributed by atoms with E-state index in [0.29, 0.717) is 18.7 Å². The standard InChI is InChI=1S/C23H30FN3O5S/c1-15-12-25-16(2)14-32-21-11-18(26-33(29,30)19-8-5-17(24)6-9-19)7-10-20(21)23(28)27(3)13-22(15)31-4/h5-11,15-16,22,25-26H,12-14H2,1-4H3/t15-,16+,22-/m1/s1. The van der Waals surface area contributed by atoms with E-state index in [0.717, 1.165) is 12.1 Å². The molecule has 0 fully saturated rings. The Balaban J connectivity index is 1.91. The van der Waals surface area contributed by atoms with Crippen LogP contribution in [0.4, 0.5) is 10.1 Å². The number of carbonyl (C=O) groups is 1. The van der Waals surface area contributed by atoms with Crippen molar-refractivity contribution in [3.05, 3.63) is 53.8 Å². The Bertz CT molecular complexity index is 1080. The van der Waals surface area contributed by atoms with Crippen LogP contribution < -0.4 is 14.8 Å². The van der Waals surface area contributed by atoms with Crippen molar-refractivity contribution in [1.82, 2.24) is 10.2 Å². The minimum Gasteiger partial charge on any atom is -0.491 e. The largest absolute Gasteiger partial charge is 0.491 e. The first-order valence-corrected chi connectivity index (χ1v) is 12.2. The van der Waals surface area contributed by atoms with Gasteiger partial charge in [0, 0.05) is 39.4 Å². The highest BCUT2D eigenvalue weighted by Crippen LogP contribution is 2.27. The number of ether oxygens (including phenoxy) is 2. The van der Waals surface area contributed by atoms with Crippen molar-refractivity contribution in [3.8, 4) is 5.75 Å². The first kappa shape index (κ1) is 24.9. The van der Waals surface area contributed by atoms with Crippen molar-refractivity contribution < 1.29 is 27.1 Å². The summed E-state index contributed by atoms with van der Waals surface area (Å²) in [6, 6.07) is 9.02. The van der Waals surface area contributed by atoms with E-state index >= 15 is 0 Å². The van der Waals surface area contributed by atoms with Crippen LogP contribution in [0, 0.1) is 11.7 Å². The molecule has 10 heteroatoms. The number of nitrogens with one attached hydrogen (secondary N) is 2. The number of hydrogen-bond donors (Lipinski definition) is 2. The third kappa shape index (κ3) is 6.21. The lowest BCUT2D eigenvalue weighted by Crippen LogP contribution is -2.44. The number of methoxy groups -OCH3 is 1. The molecule has 33 heavy (non-hydrogen) atoms. The average Bonchev–Trinajstić information content (AvgIpc) is 2.78. The van der Waals surface area contributed by atoms with Gasteiger partial charge in [-0.05, 0) is 49.2 Å². The van der Waals surface area contributed by atoms with Crippen LogP contribution in [-0.4, -0.2) is 65.2 Å². The molecule has 1 aliphatic rings. The van der Waals surface area contributed by atoms with Crippen LogP contribution in [-0.2, 0) is 14.8 Å². The highest BCUT2D eigenvalue weighted by Gasteiger charge is 2.26. The maximum Gasteiger partial charge on any atom is 0.261 e. The topological polar surface area (TPSA) is 97.0 Å². The molecule has 1 aliphatic heterocycles. The molecular formula is C23H30FN3O5S. The van der Waals surface area contributed by atoms with E-state index in [1.54, 1.807) is 19.1 Å². The fourth-order valence-corrected chi connectivity index (χ4v) is 4.60. The third-order valence-electron chi connectivity index (χ3n) is 5.60. The Morgan fingerprint density at radius 3 is 2.55 bits per heavy atom. The zero-order chi connectivity index (χ0) is 24.2. The second-order valence-electron chi connectivity index (χ2n) is 8.33. The Labute approximate surface area is 194 Å². The molecule has 0 spiro atoms. The van der Waals surface area contributed by atoms with Gasteiger partial charge in [-0.2, -0.15) is 0 Å². The lowest BCUT2D eigenvalue weighted by atomic mass is 10.0. The molecule has 2 N–H and O–H groups in total. The lowest BCUT2D eigenvalue weighted by molar-refractivity contribution is 0.0281. The predicted molar refractivity (Wildman–Crippen MR) is 124 cm³/mol. The summed E-state index contributed by atoms with van der Waals surface area (Å²) < 4.78 is 52.5. The van der Waals surface area contributed by atoms with E-state index in [1.165, 1.54) is 30.3 Å². The number of sulfonamides is 1. The average molecular weight is 480 g/mol. The van der Waals surface area contributed by atoms with Gasteiger partial charge in [0.2, 0.25) is 0 Å². The zero-order valence-electron chi connectivity index (χ0n) is 19.2. The molecule has 0 aliphatic carbocycles. The second kappa shape index (κ2) is 10.5. The maximum atomic E-state index is 13.2. The van der Waals surface area contributed by atoms with Gasteiger partial charge in [0.25, 0.3) is 15.9 Å². The number of anilines is 1. The van der Waals surface area contributed by atoms with Gasteiger partial charge in [-0.25, -0.2) is 12.8 Å². The predicted octanol–water partition coefficient (Wildman–Crippen LogP) is 2.72. The van der Waals surface area contributed by atoms with Crippen LogP contribution >= 0.6 is 0 Å². The van der Waals surface area contributed by atoms with Gasteiger partial charge in [-0.3, -0.25) is 9.52 Å². The fraction of sp³-hybridized carbons (Fsp3) is 0.435. The highest BCUT2D eigenvalue weighted by molar-refractivity contribution is 7.92. The zero-order valence-corrected chi connectivity index (χ0v) is 20.0. The molecule has 180 valence electrons. The van der Waals surface area contributed by atoms with E-state index in [1.807, 2.05) is 6.92 Å². The van der Waals surface area contributed by atoms with Crippen LogP contribution in [0.25, 0.3) is 0 Å². The first-order valence-electron chi connectivity index (χ1n) is 10.7.